The van der Waals surface area contributed by atoms with Gasteiger partial charge in [0.1, 0.15) is 26.6 Å². The quantitative estimate of drug-likeness (QED) is 0.318. The van der Waals surface area contributed by atoms with Crippen LogP contribution in [0.5, 0.6) is 0 Å². The molecule has 3 aromatic rings. The summed E-state index contributed by atoms with van der Waals surface area (Å²) < 4.78 is 19.3. The van der Waals surface area contributed by atoms with Crippen LogP contribution in [0.15, 0.2) is 52.4 Å². The van der Waals surface area contributed by atoms with Gasteiger partial charge >= 0.3 is 5.97 Å². The van der Waals surface area contributed by atoms with Gasteiger partial charge in [0.15, 0.2) is 0 Å². The average Bonchev–Trinajstić information content (AvgIpc) is 3.10. The number of anilines is 1. The SMILES string of the molecule is CC(C)(C)OC(=O)c1c(-c2cccc(Br)n2)csc1NC(=O)CCc1ccc(F)cc1. The van der Waals surface area contributed by atoms with Crippen LogP contribution >= 0.6 is 27.3 Å². The molecular formula is C23H22BrFN2O3S. The number of ether oxygens (including phenoxy) is 1. The lowest BCUT2D eigenvalue weighted by atomic mass is 10.1. The first-order valence-electron chi connectivity index (χ1n) is 9.64. The van der Waals surface area contributed by atoms with Crippen LogP contribution in [-0.4, -0.2) is 22.5 Å². The first kappa shape index (κ1) is 23.1. The Morgan fingerprint density at radius 1 is 1.16 bits per heavy atom. The van der Waals surface area contributed by atoms with Gasteiger partial charge in [0, 0.05) is 17.4 Å². The molecule has 0 bridgehead atoms. The van der Waals surface area contributed by atoms with Crippen LogP contribution in [0.4, 0.5) is 9.39 Å². The van der Waals surface area contributed by atoms with Gasteiger partial charge in [0.25, 0.3) is 0 Å². The van der Waals surface area contributed by atoms with Crippen LogP contribution in [0.2, 0.25) is 0 Å². The molecule has 0 saturated heterocycles. The second-order valence-corrected chi connectivity index (χ2v) is 9.57. The van der Waals surface area contributed by atoms with Crippen molar-refractivity contribution in [2.24, 2.45) is 0 Å². The van der Waals surface area contributed by atoms with E-state index in [2.05, 4.69) is 26.2 Å². The van der Waals surface area contributed by atoms with E-state index in [0.717, 1.165) is 5.56 Å². The van der Waals surface area contributed by atoms with Crippen LogP contribution in [-0.2, 0) is 16.0 Å². The molecule has 0 aliphatic heterocycles. The van der Waals surface area contributed by atoms with Crippen molar-refractivity contribution in [3.8, 4) is 11.3 Å². The van der Waals surface area contributed by atoms with Crippen LogP contribution in [0.25, 0.3) is 11.3 Å². The fourth-order valence-corrected chi connectivity index (χ4v) is 4.13. The first-order chi connectivity index (χ1) is 14.6. The standard InChI is InChI=1S/C23H22BrFN2O3S/c1-23(2,3)30-22(29)20-16(17-5-4-6-18(24)26-17)13-31-21(20)27-19(28)12-9-14-7-10-15(25)11-8-14/h4-8,10-11,13H,9,12H2,1-3H3,(H,27,28). The Hall–Kier alpha value is -2.58. The average molecular weight is 505 g/mol. The largest absolute Gasteiger partial charge is 0.456 e. The minimum Gasteiger partial charge on any atom is -0.456 e. The summed E-state index contributed by atoms with van der Waals surface area (Å²) in [5, 5.41) is 5.02. The molecule has 0 aliphatic rings. The molecule has 31 heavy (non-hydrogen) atoms. The molecule has 2 heterocycles. The fourth-order valence-electron chi connectivity index (χ4n) is 2.83. The predicted molar refractivity (Wildman–Crippen MR) is 124 cm³/mol. The van der Waals surface area contributed by atoms with Gasteiger partial charge in [-0.05, 0) is 73.0 Å². The van der Waals surface area contributed by atoms with E-state index in [1.165, 1.54) is 23.5 Å². The number of esters is 1. The van der Waals surface area contributed by atoms with Gasteiger partial charge < -0.3 is 10.1 Å². The van der Waals surface area contributed by atoms with E-state index in [1.54, 1.807) is 50.4 Å². The summed E-state index contributed by atoms with van der Waals surface area (Å²) >= 11 is 4.59. The van der Waals surface area contributed by atoms with Crippen LogP contribution < -0.4 is 5.32 Å². The van der Waals surface area contributed by atoms with Crippen LogP contribution in [0.3, 0.4) is 0 Å². The van der Waals surface area contributed by atoms with E-state index >= 15 is 0 Å². The number of carbonyl (C=O) groups is 2. The number of nitrogens with one attached hydrogen (secondary N) is 1. The highest BCUT2D eigenvalue weighted by atomic mass is 79.9. The Balaban J connectivity index is 1.84. The normalized spacial score (nSPS) is 11.3. The first-order valence-corrected chi connectivity index (χ1v) is 11.3. The molecule has 0 unspecified atom stereocenters. The summed E-state index contributed by atoms with van der Waals surface area (Å²) in [5.74, 6) is -1.09. The highest BCUT2D eigenvalue weighted by Crippen LogP contribution is 2.36. The Labute approximate surface area is 192 Å². The van der Waals surface area contributed by atoms with Gasteiger partial charge in [-0.2, -0.15) is 0 Å². The molecule has 0 aliphatic carbocycles. The van der Waals surface area contributed by atoms with Crippen LogP contribution in [0, 0.1) is 5.82 Å². The zero-order valence-electron chi connectivity index (χ0n) is 17.4. The number of hydrogen-bond donors (Lipinski definition) is 1. The maximum atomic E-state index is 13.0. The van der Waals surface area contributed by atoms with Crippen molar-refractivity contribution in [2.45, 2.75) is 39.2 Å². The summed E-state index contributed by atoms with van der Waals surface area (Å²) in [6, 6.07) is 11.4. The van der Waals surface area contributed by atoms with Gasteiger partial charge in [-0.1, -0.05) is 18.2 Å². The molecule has 162 valence electrons. The van der Waals surface area contributed by atoms with Crippen molar-refractivity contribution >= 4 is 44.1 Å². The van der Waals surface area contributed by atoms with E-state index in [9.17, 15) is 14.0 Å². The number of benzene rings is 1. The summed E-state index contributed by atoms with van der Waals surface area (Å²) in [6.45, 7) is 5.36. The number of halogens is 2. The van der Waals surface area contributed by atoms with Gasteiger partial charge in [-0.25, -0.2) is 14.2 Å². The Bertz CT molecular complexity index is 1090. The third-order valence-electron chi connectivity index (χ3n) is 4.19. The van der Waals surface area contributed by atoms with E-state index in [4.69, 9.17) is 4.74 Å². The van der Waals surface area contributed by atoms with Gasteiger partial charge in [-0.3, -0.25) is 4.79 Å². The number of carbonyl (C=O) groups excluding carboxylic acids is 2. The molecular weight excluding hydrogens is 483 g/mol. The number of hydrogen-bond acceptors (Lipinski definition) is 5. The molecule has 0 radical (unpaired) electrons. The third-order valence-corrected chi connectivity index (χ3v) is 5.53. The number of aromatic nitrogens is 1. The topological polar surface area (TPSA) is 68.3 Å². The Kier molecular flexibility index (Phi) is 7.23. The van der Waals surface area contributed by atoms with Crippen LogP contribution in [0.1, 0.15) is 43.1 Å². The summed E-state index contributed by atoms with van der Waals surface area (Å²) in [5.41, 5.74) is 1.63. The lowest BCUT2D eigenvalue weighted by molar-refractivity contribution is -0.116. The fraction of sp³-hybridized carbons (Fsp3) is 0.261. The molecule has 8 heteroatoms. The lowest BCUT2D eigenvalue weighted by Gasteiger charge is -2.20. The summed E-state index contributed by atoms with van der Waals surface area (Å²) in [4.78, 5) is 30.0. The monoisotopic (exact) mass is 504 g/mol. The van der Waals surface area contributed by atoms with Gasteiger partial charge in [0.2, 0.25) is 5.91 Å². The van der Waals surface area contributed by atoms with E-state index in [0.29, 0.717) is 27.3 Å². The van der Waals surface area contributed by atoms with Gasteiger partial charge in [0.05, 0.1) is 5.69 Å². The van der Waals surface area contributed by atoms with Gasteiger partial charge in [-0.15, -0.1) is 11.3 Å². The number of nitrogens with zero attached hydrogens (tertiary/aromatic N) is 1. The molecule has 0 fully saturated rings. The number of amides is 1. The van der Waals surface area contributed by atoms with E-state index in [-0.39, 0.29) is 23.7 Å². The maximum Gasteiger partial charge on any atom is 0.342 e. The Morgan fingerprint density at radius 2 is 1.87 bits per heavy atom. The number of rotatable bonds is 6. The molecule has 0 atom stereocenters. The minimum absolute atomic E-state index is 0.196. The lowest BCUT2D eigenvalue weighted by Crippen LogP contribution is -2.25. The number of aryl methyl sites for hydroxylation is 1. The highest BCUT2D eigenvalue weighted by molar-refractivity contribution is 9.10. The molecule has 3 rings (SSSR count). The molecule has 2 aromatic heterocycles. The summed E-state index contributed by atoms with van der Waals surface area (Å²) in [6.07, 6.45) is 0.654. The Morgan fingerprint density at radius 3 is 2.52 bits per heavy atom. The smallest absolute Gasteiger partial charge is 0.342 e. The summed E-state index contributed by atoms with van der Waals surface area (Å²) in [7, 11) is 0. The molecule has 1 aromatic carbocycles. The zero-order chi connectivity index (χ0) is 22.6. The molecule has 0 spiro atoms. The van der Waals surface area contributed by atoms with Crippen molar-refractivity contribution in [3.05, 3.63) is 69.4 Å². The molecule has 5 nitrogen and oxygen atoms in total. The maximum absolute atomic E-state index is 13.0. The highest BCUT2D eigenvalue weighted by Gasteiger charge is 2.27. The number of thiophene rings is 1. The van der Waals surface area contributed by atoms with E-state index < -0.39 is 11.6 Å². The van der Waals surface area contributed by atoms with Crippen molar-refractivity contribution < 1.29 is 18.7 Å². The van der Waals surface area contributed by atoms with Crippen molar-refractivity contribution in [1.82, 2.24) is 4.98 Å². The van der Waals surface area contributed by atoms with Crippen molar-refractivity contribution in [1.29, 1.82) is 0 Å². The third kappa shape index (κ3) is 6.45. The minimum atomic E-state index is -0.690. The second-order valence-electron chi connectivity index (χ2n) is 7.88. The predicted octanol–water partition coefficient (Wildman–Crippen LogP) is 6.24. The second kappa shape index (κ2) is 9.70. The zero-order valence-corrected chi connectivity index (χ0v) is 19.8. The number of pyridine rings is 1. The molecule has 0 saturated carbocycles. The van der Waals surface area contributed by atoms with Crippen molar-refractivity contribution in [3.63, 3.8) is 0 Å². The van der Waals surface area contributed by atoms with E-state index in [1.807, 2.05) is 6.07 Å². The molecule has 1 N–H and O–H groups in total. The molecule has 1 amide bonds. The van der Waals surface area contributed by atoms with Crippen molar-refractivity contribution in [2.75, 3.05) is 5.32 Å².